The molecular formula is C28H42F3NO5. The fraction of sp³-hybridized carbons (Fsp3) is 0.714. The summed E-state index contributed by atoms with van der Waals surface area (Å²) in [6.45, 7) is 8.40. The maximum absolute atomic E-state index is 13.0. The van der Waals surface area contributed by atoms with Crippen LogP contribution in [0.2, 0.25) is 0 Å². The molecule has 0 aromatic heterocycles. The minimum atomic E-state index is -4.55. The first-order valence-corrected chi connectivity index (χ1v) is 13.2. The number of methoxy groups -OCH3 is 1. The number of carbonyl (C=O) groups excluding carboxylic acids is 2. The van der Waals surface area contributed by atoms with Crippen LogP contribution < -0.4 is 0 Å². The fourth-order valence-electron chi connectivity index (χ4n) is 5.30. The standard InChI is InChI=1S/C24H30F3NO4.C2H6O.C2H6/c1-16(31-14-23-7-4-20(12-23)32-15-23)10-22(30)28-8-5-17(6-9-28)18-2-3-21(24(25,26)27)19(11-18)13-29;1-3-2;1-2/h2-3,11,13,16-17,20H,4-10,12,14-15H2,1H3;1-2H3;1-2H3. The number of hydrogen-bond donors (Lipinski definition) is 0. The van der Waals surface area contributed by atoms with Gasteiger partial charge in [-0.2, -0.15) is 13.2 Å². The van der Waals surface area contributed by atoms with E-state index in [1.807, 2.05) is 25.7 Å². The quantitative estimate of drug-likeness (QED) is 0.413. The number of hydrogen-bond acceptors (Lipinski definition) is 5. The summed E-state index contributed by atoms with van der Waals surface area (Å²) in [5.74, 6) is 0.0758. The van der Waals surface area contributed by atoms with Crippen LogP contribution in [0.5, 0.6) is 0 Å². The van der Waals surface area contributed by atoms with Crippen LogP contribution in [0.15, 0.2) is 18.2 Å². The number of halogens is 3. The molecule has 2 heterocycles. The molecule has 3 atom stereocenters. The first kappa shape index (κ1) is 31.2. The summed E-state index contributed by atoms with van der Waals surface area (Å²) in [6, 6.07) is 3.78. The normalized spacial score (nSPS) is 24.0. The zero-order valence-corrected chi connectivity index (χ0v) is 22.7. The molecule has 1 amide bonds. The summed E-state index contributed by atoms with van der Waals surface area (Å²) < 4.78 is 55.0. The Bertz CT molecular complexity index is 860. The predicted molar refractivity (Wildman–Crippen MR) is 136 cm³/mol. The van der Waals surface area contributed by atoms with Gasteiger partial charge in [-0.1, -0.05) is 19.9 Å². The molecule has 1 aliphatic carbocycles. The number of benzene rings is 1. The van der Waals surface area contributed by atoms with E-state index in [0.717, 1.165) is 37.5 Å². The molecule has 3 aliphatic rings. The summed E-state index contributed by atoms with van der Waals surface area (Å²) in [5, 5.41) is 0. The maximum atomic E-state index is 13.0. The highest BCUT2D eigenvalue weighted by molar-refractivity contribution is 5.78. The van der Waals surface area contributed by atoms with E-state index in [1.54, 1.807) is 14.2 Å². The number of likely N-dealkylation sites (tertiary alicyclic amines) is 1. The molecule has 2 saturated heterocycles. The third-order valence-electron chi connectivity index (χ3n) is 7.25. The largest absolute Gasteiger partial charge is 0.417 e. The van der Waals surface area contributed by atoms with Gasteiger partial charge in [-0.15, -0.1) is 0 Å². The Morgan fingerprint density at radius 3 is 2.35 bits per heavy atom. The van der Waals surface area contributed by atoms with Crippen LogP contribution in [0.1, 0.15) is 86.7 Å². The number of amides is 1. The van der Waals surface area contributed by atoms with Gasteiger partial charge in [0.2, 0.25) is 5.91 Å². The van der Waals surface area contributed by atoms with Gasteiger partial charge in [0.1, 0.15) is 0 Å². The number of fused-ring (bicyclic) bond motifs is 2. The Labute approximate surface area is 218 Å². The number of nitrogens with zero attached hydrogens (tertiary/aromatic N) is 1. The van der Waals surface area contributed by atoms with Crippen molar-refractivity contribution in [3.05, 3.63) is 34.9 Å². The van der Waals surface area contributed by atoms with Crippen LogP contribution in [0.4, 0.5) is 13.2 Å². The van der Waals surface area contributed by atoms with Crippen molar-refractivity contribution in [3.63, 3.8) is 0 Å². The number of ether oxygens (including phenoxy) is 3. The number of rotatable bonds is 7. The molecule has 1 aromatic rings. The second-order valence-corrected chi connectivity index (χ2v) is 10.0. The second kappa shape index (κ2) is 14.3. The highest BCUT2D eigenvalue weighted by Gasteiger charge is 2.46. The molecule has 4 rings (SSSR count). The van der Waals surface area contributed by atoms with Crippen LogP contribution in [-0.4, -0.2) is 69.8 Å². The zero-order valence-electron chi connectivity index (χ0n) is 22.7. The van der Waals surface area contributed by atoms with E-state index >= 15 is 0 Å². The molecule has 3 fully saturated rings. The van der Waals surface area contributed by atoms with E-state index in [9.17, 15) is 22.8 Å². The zero-order chi connectivity index (χ0) is 27.6. The van der Waals surface area contributed by atoms with Gasteiger partial charge in [0.15, 0.2) is 6.29 Å². The van der Waals surface area contributed by atoms with E-state index in [1.165, 1.54) is 12.1 Å². The second-order valence-electron chi connectivity index (χ2n) is 10.0. The van der Waals surface area contributed by atoms with Crippen LogP contribution in [0.25, 0.3) is 0 Å². The molecule has 37 heavy (non-hydrogen) atoms. The van der Waals surface area contributed by atoms with Gasteiger partial charge < -0.3 is 19.1 Å². The molecule has 2 bridgehead atoms. The van der Waals surface area contributed by atoms with Crippen molar-refractivity contribution in [2.75, 3.05) is 40.5 Å². The van der Waals surface area contributed by atoms with Gasteiger partial charge in [-0.05, 0) is 62.6 Å². The highest BCUT2D eigenvalue weighted by atomic mass is 19.4. The van der Waals surface area contributed by atoms with E-state index in [-0.39, 0.29) is 35.2 Å². The van der Waals surface area contributed by atoms with E-state index in [2.05, 4.69) is 4.74 Å². The summed E-state index contributed by atoms with van der Waals surface area (Å²) in [4.78, 5) is 25.7. The van der Waals surface area contributed by atoms with Crippen LogP contribution in [-0.2, 0) is 25.2 Å². The van der Waals surface area contributed by atoms with Crippen molar-refractivity contribution in [2.45, 2.75) is 83.6 Å². The van der Waals surface area contributed by atoms with E-state index in [0.29, 0.717) is 45.1 Å². The third-order valence-corrected chi connectivity index (χ3v) is 7.25. The lowest BCUT2D eigenvalue weighted by molar-refractivity contribution is -0.138. The lowest BCUT2D eigenvalue weighted by Gasteiger charge is -2.33. The van der Waals surface area contributed by atoms with Gasteiger partial charge in [0, 0.05) is 38.3 Å². The Morgan fingerprint density at radius 2 is 1.86 bits per heavy atom. The van der Waals surface area contributed by atoms with E-state index in [4.69, 9.17) is 9.47 Å². The molecule has 0 spiro atoms. The Kier molecular flexibility index (Phi) is 12.0. The van der Waals surface area contributed by atoms with Gasteiger partial charge in [-0.3, -0.25) is 9.59 Å². The fourth-order valence-corrected chi connectivity index (χ4v) is 5.30. The Hall–Kier alpha value is -1.97. The monoisotopic (exact) mass is 529 g/mol. The number of alkyl halides is 3. The Balaban J connectivity index is 0.000000898. The lowest BCUT2D eigenvalue weighted by Crippen LogP contribution is -2.39. The Morgan fingerprint density at radius 1 is 1.22 bits per heavy atom. The third kappa shape index (κ3) is 8.52. The first-order valence-electron chi connectivity index (χ1n) is 13.2. The number of aldehydes is 1. The number of piperidine rings is 1. The van der Waals surface area contributed by atoms with Crippen LogP contribution >= 0.6 is 0 Å². The molecule has 3 unspecified atom stereocenters. The summed E-state index contributed by atoms with van der Waals surface area (Å²) in [7, 11) is 3.25. The van der Waals surface area contributed by atoms with Crippen LogP contribution in [0.3, 0.4) is 0 Å². The average molecular weight is 530 g/mol. The molecule has 0 N–H and O–H groups in total. The molecule has 9 heteroatoms. The summed E-state index contributed by atoms with van der Waals surface area (Å²) in [6.07, 6.45) is 0.836. The van der Waals surface area contributed by atoms with Crippen molar-refractivity contribution in [3.8, 4) is 0 Å². The maximum Gasteiger partial charge on any atom is 0.417 e. The predicted octanol–water partition coefficient (Wildman–Crippen LogP) is 5.88. The molecule has 1 aromatic carbocycles. The van der Waals surface area contributed by atoms with Gasteiger partial charge >= 0.3 is 6.18 Å². The smallest absolute Gasteiger partial charge is 0.388 e. The van der Waals surface area contributed by atoms with Crippen molar-refractivity contribution < 1.29 is 37.0 Å². The minimum Gasteiger partial charge on any atom is -0.388 e. The van der Waals surface area contributed by atoms with Crippen molar-refractivity contribution >= 4 is 12.2 Å². The van der Waals surface area contributed by atoms with Crippen LogP contribution in [0, 0.1) is 5.41 Å². The minimum absolute atomic E-state index is 0.0329. The van der Waals surface area contributed by atoms with Crippen molar-refractivity contribution in [2.24, 2.45) is 5.41 Å². The van der Waals surface area contributed by atoms with E-state index < -0.39 is 11.7 Å². The van der Waals surface area contributed by atoms with Gasteiger partial charge in [-0.25, -0.2) is 0 Å². The molecule has 0 radical (unpaired) electrons. The molecule has 1 saturated carbocycles. The molecule has 210 valence electrons. The van der Waals surface area contributed by atoms with Gasteiger partial charge in [0.05, 0.1) is 37.4 Å². The molecule has 2 aliphatic heterocycles. The first-order chi connectivity index (χ1) is 17.6. The number of carbonyl (C=O) groups is 2. The topological polar surface area (TPSA) is 65.1 Å². The average Bonchev–Trinajstić information content (AvgIpc) is 3.50. The highest BCUT2D eigenvalue weighted by Crippen LogP contribution is 2.46. The molecular weight excluding hydrogens is 487 g/mol. The van der Waals surface area contributed by atoms with Gasteiger partial charge in [0.25, 0.3) is 0 Å². The van der Waals surface area contributed by atoms with Crippen molar-refractivity contribution in [1.29, 1.82) is 0 Å². The lowest BCUT2D eigenvalue weighted by atomic mass is 9.87. The summed E-state index contributed by atoms with van der Waals surface area (Å²) >= 11 is 0. The summed E-state index contributed by atoms with van der Waals surface area (Å²) in [5.41, 5.74) is -0.394. The van der Waals surface area contributed by atoms with Crippen molar-refractivity contribution in [1.82, 2.24) is 4.90 Å². The molecule has 6 nitrogen and oxygen atoms in total. The SMILES string of the molecule is CC.CC(CC(=O)N1CCC(c2ccc(C(F)(F)F)c(C=O)c2)CC1)OCC12CCC(C1)OC2.COC.